The van der Waals surface area contributed by atoms with Gasteiger partial charge in [0.15, 0.2) is 11.5 Å². The molecule has 4 nitrogen and oxygen atoms in total. The monoisotopic (exact) mass is 180 g/mol. The van der Waals surface area contributed by atoms with Gasteiger partial charge in [-0.15, -0.1) is 0 Å². The van der Waals surface area contributed by atoms with Crippen LogP contribution in [0.5, 0.6) is 0 Å². The molecule has 2 aromatic rings. The van der Waals surface area contributed by atoms with Crippen molar-refractivity contribution in [2.75, 3.05) is 0 Å². The Hall–Kier alpha value is -2.28. The Bertz CT molecular complexity index is 602. The van der Waals surface area contributed by atoms with Crippen LogP contribution in [0.15, 0.2) is 29.5 Å². The summed E-state index contributed by atoms with van der Waals surface area (Å²) < 4.78 is 0. The molecule has 14 heavy (non-hydrogen) atoms. The van der Waals surface area contributed by atoms with Gasteiger partial charge in [-0.3, -0.25) is 4.98 Å². The van der Waals surface area contributed by atoms with Gasteiger partial charge in [-0.2, -0.15) is 5.26 Å². The lowest BCUT2D eigenvalue weighted by Gasteiger charge is -1.96. The van der Waals surface area contributed by atoms with Crippen molar-refractivity contribution >= 4 is 22.3 Å². The van der Waals surface area contributed by atoms with Crippen LogP contribution >= 0.6 is 0 Å². The first-order valence-electron chi connectivity index (χ1n) is 4.13. The van der Waals surface area contributed by atoms with Gasteiger partial charge in [0, 0.05) is 12.4 Å². The van der Waals surface area contributed by atoms with Gasteiger partial charge in [-0.1, -0.05) is 0 Å². The van der Waals surface area contributed by atoms with Crippen molar-refractivity contribution in [3.63, 3.8) is 0 Å². The molecule has 3 rings (SSSR count). The number of aromatic nitrogens is 2. The summed E-state index contributed by atoms with van der Waals surface area (Å²) in [5.74, 6) is 0.599. The first kappa shape index (κ1) is 7.15. The summed E-state index contributed by atoms with van der Waals surface area (Å²) in [7, 11) is 0. The van der Waals surface area contributed by atoms with Crippen LogP contribution in [0.1, 0.15) is 5.69 Å². The third-order valence-corrected chi connectivity index (χ3v) is 2.21. The van der Waals surface area contributed by atoms with Crippen molar-refractivity contribution in [2.24, 2.45) is 4.99 Å². The fourth-order valence-electron chi connectivity index (χ4n) is 1.60. The predicted molar refractivity (Wildman–Crippen MR) is 51.3 cm³/mol. The van der Waals surface area contributed by atoms with Crippen LogP contribution in [0.4, 0.5) is 5.82 Å². The standard InChI is InChI=1S/C10H4N4/c11-5-7-9-8-6(1-3-12-9)2-4-13-10(8)14-7/h1-4H. The van der Waals surface area contributed by atoms with Crippen molar-refractivity contribution in [2.45, 2.75) is 0 Å². The Morgan fingerprint density at radius 2 is 1.93 bits per heavy atom. The Labute approximate surface area is 79.6 Å². The van der Waals surface area contributed by atoms with Gasteiger partial charge in [-0.25, -0.2) is 9.98 Å². The van der Waals surface area contributed by atoms with E-state index < -0.39 is 0 Å². The highest BCUT2D eigenvalue weighted by molar-refractivity contribution is 6.23. The Morgan fingerprint density at radius 3 is 2.71 bits per heavy atom. The number of hydrogen-bond donors (Lipinski definition) is 0. The summed E-state index contributed by atoms with van der Waals surface area (Å²) in [6.07, 6.45) is 3.37. The first-order chi connectivity index (χ1) is 6.90. The van der Waals surface area contributed by atoms with Gasteiger partial charge < -0.3 is 0 Å². The van der Waals surface area contributed by atoms with Gasteiger partial charge in [0.05, 0.1) is 5.39 Å². The molecule has 0 atom stereocenters. The number of hydrogen-bond acceptors (Lipinski definition) is 4. The van der Waals surface area contributed by atoms with E-state index in [1.807, 2.05) is 18.2 Å². The van der Waals surface area contributed by atoms with Crippen LogP contribution in [0, 0.1) is 11.3 Å². The Morgan fingerprint density at radius 1 is 1.14 bits per heavy atom. The van der Waals surface area contributed by atoms with E-state index in [1.54, 1.807) is 12.4 Å². The fourth-order valence-corrected chi connectivity index (χ4v) is 1.60. The molecule has 0 spiro atoms. The molecule has 0 unspecified atom stereocenters. The largest absolute Gasteiger partial charge is 0.253 e. The third kappa shape index (κ3) is 0.735. The van der Waals surface area contributed by atoms with Crippen LogP contribution in [-0.2, 0) is 0 Å². The summed E-state index contributed by atoms with van der Waals surface area (Å²) >= 11 is 0. The molecule has 0 aromatic carbocycles. The minimum atomic E-state index is 0.351. The van der Waals surface area contributed by atoms with Crippen molar-refractivity contribution in [1.29, 1.82) is 5.26 Å². The van der Waals surface area contributed by atoms with Gasteiger partial charge in [0.2, 0.25) is 0 Å². The highest BCUT2D eigenvalue weighted by atomic mass is 14.9. The summed E-state index contributed by atoms with van der Waals surface area (Å²) in [5.41, 5.74) is 0.998. The number of nitriles is 1. The zero-order valence-electron chi connectivity index (χ0n) is 7.10. The van der Waals surface area contributed by atoms with E-state index >= 15 is 0 Å². The van der Waals surface area contributed by atoms with Gasteiger partial charge in [-0.05, 0) is 17.5 Å². The van der Waals surface area contributed by atoms with E-state index in [4.69, 9.17) is 5.26 Å². The molecular formula is C10H4N4. The minimum Gasteiger partial charge on any atom is -0.253 e. The lowest BCUT2D eigenvalue weighted by atomic mass is 10.1. The van der Waals surface area contributed by atoms with E-state index in [1.165, 1.54) is 0 Å². The number of pyridine rings is 2. The molecule has 0 bridgehead atoms. The van der Waals surface area contributed by atoms with E-state index in [9.17, 15) is 0 Å². The molecule has 0 fully saturated rings. The summed E-state index contributed by atoms with van der Waals surface area (Å²) in [5, 5.41) is 10.7. The van der Waals surface area contributed by atoms with E-state index in [-0.39, 0.29) is 0 Å². The van der Waals surface area contributed by atoms with E-state index in [2.05, 4.69) is 15.0 Å². The maximum absolute atomic E-state index is 8.84. The molecule has 1 aliphatic rings. The van der Waals surface area contributed by atoms with E-state index in [0.717, 1.165) is 10.8 Å². The topological polar surface area (TPSA) is 61.9 Å². The predicted octanol–water partition coefficient (Wildman–Crippen LogP) is 1.59. The van der Waals surface area contributed by atoms with Gasteiger partial charge in [0.25, 0.3) is 0 Å². The second-order valence-corrected chi connectivity index (χ2v) is 2.96. The van der Waals surface area contributed by atoms with Crippen LogP contribution in [0.25, 0.3) is 10.8 Å². The molecule has 0 N–H and O–H groups in total. The molecule has 0 radical (unpaired) electrons. The van der Waals surface area contributed by atoms with Crippen LogP contribution in [0.3, 0.4) is 0 Å². The Balaban J connectivity index is 2.54. The summed E-state index contributed by atoms with van der Waals surface area (Å²) in [4.78, 5) is 12.3. The number of nitrogens with zero attached hydrogens (tertiary/aromatic N) is 4. The molecule has 2 aromatic heterocycles. The second kappa shape index (κ2) is 2.36. The highest BCUT2D eigenvalue weighted by Gasteiger charge is 2.19. The van der Waals surface area contributed by atoms with Crippen molar-refractivity contribution in [3.8, 4) is 6.07 Å². The molecule has 64 valence electrons. The van der Waals surface area contributed by atoms with Crippen molar-refractivity contribution in [3.05, 3.63) is 30.2 Å². The van der Waals surface area contributed by atoms with Gasteiger partial charge >= 0.3 is 0 Å². The van der Waals surface area contributed by atoms with E-state index in [0.29, 0.717) is 17.2 Å². The summed E-state index contributed by atoms with van der Waals surface area (Å²) in [6.45, 7) is 0. The third-order valence-electron chi connectivity index (χ3n) is 2.21. The van der Waals surface area contributed by atoms with Crippen LogP contribution in [-0.4, -0.2) is 15.7 Å². The smallest absolute Gasteiger partial charge is 0.169 e. The van der Waals surface area contributed by atoms with Crippen molar-refractivity contribution < 1.29 is 0 Å². The molecule has 4 heteroatoms. The highest BCUT2D eigenvalue weighted by Crippen LogP contribution is 2.31. The molecule has 0 aliphatic carbocycles. The average molecular weight is 180 g/mol. The zero-order valence-corrected chi connectivity index (χ0v) is 7.10. The average Bonchev–Trinajstić information content (AvgIpc) is 2.60. The maximum Gasteiger partial charge on any atom is 0.169 e. The second-order valence-electron chi connectivity index (χ2n) is 2.96. The minimum absolute atomic E-state index is 0.351. The molecule has 0 saturated heterocycles. The molecule has 0 saturated carbocycles. The lowest BCUT2D eigenvalue weighted by molar-refractivity contribution is 1.31. The van der Waals surface area contributed by atoms with Crippen LogP contribution < -0.4 is 0 Å². The normalized spacial score (nSPS) is 12.6. The molecular weight excluding hydrogens is 176 g/mol. The zero-order chi connectivity index (χ0) is 9.54. The number of aliphatic imine (C=N–C) groups is 1. The fraction of sp³-hybridized carbons (Fsp3) is 0. The molecule has 0 amide bonds. The number of rotatable bonds is 0. The molecule has 3 heterocycles. The van der Waals surface area contributed by atoms with Crippen molar-refractivity contribution in [1.82, 2.24) is 9.97 Å². The van der Waals surface area contributed by atoms with Gasteiger partial charge in [0.1, 0.15) is 11.8 Å². The van der Waals surface area contributed by atoms with Crippen LogP contribution in [0.2, 0.25) is 0 Å². The summed E-state index contributed by atoms with van der Waals surface area (Å²) in [6, 6.07) is 5.80. The maximum atomic E-state index is 8.84. The lowest BCUT2D eigenvalue weighted by Crippen LogP contribution is -1.95. The quantitative estimate of drug-likeness (QED) is 0.618. The first-order valence-corrected chi connectivity index (χ1v) is 4.13. The SMILES string of the molecule is N#CC1=Nc2nccc3ccnc1c23. The molecule has 1 aliphatic heterocycles. The Kier molecular flexibility index (Phi) is 1.21.